The highest BCUT2D eigenvalue weighted by Crippen LogP contribution is 2.28. The van der Waals surface area contributed by atoms with E-state index < -0.39 is 6.04 Å². The van der Waals surface area contributed by atoms with Gasteiger partial charge in [0.05, 0.1) is 0 Å². The van der Waals surface area contributed by atoms with Crippen molar-refractivity contribution >= 4 is 39.4 Å². The predicted molar refractivity (Wildman–Crippen MR) is 66.5 cm³/mol. The van der Waals surface area contributed by atoms with Gasteiger partial charge in [-0.2, -0.15) is 0 Å². The Morgan fingerprint density at radius 1 is 1.50 bits per heavy atom. The second-order valence-electron chi connectivity index (χ2n) is 3.30. The van der Waals surface area contributed by atoms with Gasteiger partial charge in [-0.1, -0.05) is 27.5 Å². The lowest BCUT2D eigenvalue weighted by molar-refractivity contribution is -0.120. The fourth-order valence-corrected chi connectivity index (χ4v) is 2.11. The van der Waals surface area contributed by atoms with Gasteiger partial charge in [-0.15, -0.1) is 0 Å². The second-order valence-corrected chi connectivity index (χ2v) is 4.63. The third-order valence-electron chi connectivity index (χ3n) is 2.28. The van der Waals surface area contributed by atoms with E-state index in [-0.39, 0.29) is 5.91 Å². The number of carbonyl (C=O) groups is 1. The van der Waals surface area contributed by atoms with Gasteiger partial charge in [0.2, 0.25) is 0 Å². The SMILES string of the molecule is CN=C1NC(=O)C(c2cc(Br)ccc2Cl)N1. The van der Waals surface area contributed by atoms with Crippen LogP contribution in [-0.4, -0.2) is 18.9 Å². The maximum absolute atomic E-state index is 11.7. The van der Waals surface area contributed by atoms with Crippen LogP contribution in [0, 0.1) is 0 Å². The average molecular weight is 303 g/mol. The van der Waals surface area contributed by atoms with Gasteiger partial charge < -0.3 is 5.32 Å². The van der Waals surface area contributed by atoms with Gasteiger partial charge in [0.15, 0.2) is 5.96 Å². The minimum atomic E-state index is -0.483. The number of nitrogens with one attached hydrogen (secondary N) is 2. The first-order valence-corrected chi connectivity index (χ1v) is 5.78. The van der Waals surface area contributed by atoms with E-state index in [2.05, 4.69) is 31.6 Å². The molecule has 0 aromatic heterocycles. The van der Waals surface area contributed by atoms with Crippen molar-refractivity contribution in [1.82, 2.24) is 10.6 Å². The molecule has 0 spiro atoms. The van der Waals surface area contributed by atoms with Crippen molar-refractivity contribution in [3.63, 3.8) is 0 Å². The number of aliphatic imine (C=N–C) groups is 1. The van der Waals surface area contributed by atoms with Crippen LogP contribution in [0.2, 0.25) is 5.02 Å². The topological polar surface area (TPSA) is 53.5 Å². The van der Waals surface area contributed by atoms with E-state index in [0.29, 0.717) is 11.0 Å². The summed E-state index contributed by atoms with van der Waals surface area (Å²) in [4.78, 5) is 15.6. The van der Waals surface area contributed by atoms with Crippen LogP contribution in [-0.2, 0) is 4.79 Å². The van der Waals surface area contributed by atoms with Crippen LogP contribution in [0.5, 0.6) is 0 Å². The van der Waals surface area contributed by atoms with Crippen molar-refractivity contribution in [2.24, 2.45) is 4.99 Å². The monoisotopic (exact) mass is 301 g/mol. The fraction of sp³-hybridized carbons (Fsp3) is 0.200. The molecule has 0 bridgehead atoms. The Morgan fingerprint density at radius 3 is 2.88 bits per heavy atom. The highest BCUT2D eigenvalue weighted by Gasteiger charge is 2.30. The Balaban J connectivity index is 2.38. The molecule has 1 fully saturated rings. The van der Waals surface area contributed by atoms with Crippen LogP contribution < -0.4 is 10.6 Å². The molecule has 1 heterocycles. The maximum atomic E-state index is 11.7. The lowest BCUT2D eigenvalue weighted by Gasteiger charge is -2.10. The summed E-state index contributed by atoms with van der Waals surface area (Å²) in [7, 11) is 1.60. The first-order valence-electron chi connectivity index (χ1n) is 4.61. The molecule has 0 aliphatic carbocycles. The Bertz CT molecular complexity index is 475. The summed E-state index contributed by atoms with van der Waals surface area (Å²) in [5, 5.41) is 6.13. The molecule has 1 aromatic carbocycles. The van der Waals surface area contributed by atoms with Crippen molar-refractivity contribution in [2.45, 2.75) is 6.04 Å². The van der Waals surface area contributed by atoms with Crippen molar-refractivity contribution in [3.05, 3.63) is 33.3 Å². The van der Waals surface area contributed by atoms with E-state index in [0.717, 1.165) is 10.0 Å². The lowest BCUT2D eigenvalue weighted by Crippen LogP contribution is -2.24. The first-order chi connectivity index (χ1) is 7.61. The summed E-state index contributed by atoms with van der Waals surface area (Å²) >= 11 is 9.40. The number of hydrogen-bond donors (Lipinski definition) is 2. The van der Waals surface area contributed by atoms with Gasteiger partial charge in [0.25, 0.3) is 5.91 Å². The lowest BCUT2D eigenvalue weighted by atomic mass is 10.1. The van der Waals surface area contributed by atoms with Crippen LogP contribution in [0.4, 0.5) is 0 Å². The molecular weight excluding hydrogens is 293 g/mol. The smallest absolute Gasteiger partial charge is 0.253 e. The Labute approximate surface area is 106 Å². The standard InChI is InChI=1S/C10H9BrClN3O/c1-13-10-14-8(9(16)15-10)6-4-5(11)2-3-7(6)12/h2-4,8H,1H3,(H2,13,14,15,16). The normalized spacial score (nSPS) is 22.1. The van der Waals surface area contributed by atoms with Gasteiger partial charge in [0.1, 0.15) is 6.04 Å². The number of amides is 1. The summed E-state index contributed by atoms with van der Waals surface area (Å²) in [5.74, 6) is 0.312. The van der Waals surface area contributed by atoms with Crippen LogP contribution in [0.15, 0.2) is 27.7 Å². The molecule has 1 aliphatic rings. The molecule has 1 unspecified atom stereocenters. The largest absolute Gasteiger partial charge is 0.340 e. The zero-order valence-electron chi connectivity index (χ0n) is 8.42. The molecule has 6 heteroatoms. The van der Waals surface area contributed by atoms with E-state index in [1.807, 2.05) is 12.1 Å². The van der Waals surface area contributed by atoms with Crippen molar-refractivity contribution in [2.75, 3.05) is 7.05 Å². The molecular formula is C10H9BrClN3O. The van der Waals surface area contributed by atoms with Crippen molar-refractivity contribution in [3.8, 4) is 0 Å². The van der Waals surface area contributed by atoms with Crippen LogP contribution >= 0.6 is 27.5 Å². The zero-order chi connectivity index (χ0) is 11.7. The quantitative estimate of drug-likeness (QED) is 0.832. The van der Waals surface area contributed by atoms with Crippen LogP contribution in [0.3, 0.4) is 0 Å². The Hall–Kier alpha value is -1.07. The number of nitrogens with zero attached hydrogens (tertiary/aromatic N) is 1. The first kappa shape index (κ1) is 11.4. The summed E-state index contributed by atoms with van der Waals surface area (Å²) in [6, 6.07) is 4.91. The third kappa shape index (κ3) is 2.05. The summed E-state index contributed by atoms with van der Waals surface area (Å²) in [6.45, 7) is 0. The molecule has 1 aromatic rings. The number of hydrogen-bond acceptors (Lipinski definition) is 2. The predicted octanol–water partition coefficient (Wildman–Crippen LogP) is 1.85. The number of rotatable bonds is 1. The van der Waals surface area contributed by atoms with Crippen molar-refractivity contribution in [1.29, 1.82) is 0 Å². The molecule has 1 atom stereocenters. The summed E-state index contributed by atoms with van der Waals surface area (Å²) in [5.41, 5.74) is 0.729. The van der Waals surface area contributed by atoms with E-state index >= 15 is 0 Å². The van der Waals surface area contributed by atoms with Gasteiger partial charge in [0, 0.05) is 22.1 Å². The van der Waals surface area contributed by atoms with Gasteiger partial charge in [-0.3, -0.25) is 15.1 Å². The summed E-state index contributed by atoms with van der Waals surface area (Å²) in [6.07, 6.45) is 0. The molecule has 2 N–H and O–H groups in total. The molecule has 84 valence electrons. The minimum absolute atomic E-state index is 0.152. The molecule has 4 nitrogen and oxygen atoms in total. The minimum Gasteiger partial charge on any atom is -0.340 e. The number of benzene rings is 1. The average Bonchev–Trinajstić information content (AvgIpc) is 2.63. The zero-order valence-corrected chi connectivity index (χ0v) is 10.8. The Kier molecular flexibility index (Phi) is 3.16. The Morgan fingerprint density at radius 2 is 2.25 bits per heavy atom. The van der Waals surface area contributed by atoms with E-state index in [4.69, 9.17) is 11.6 Å². The molecule has 2 rings (SSSR count). The maximum Gasteiger partial charge on any atom is 0.253 e. The molecule has 1 aliphatic heterocycles. The van der Waals surface area contributed by atoms with Crippen LogP contribution in [0.25, 0.3) is 0 Å². The number of halogens is 2. The van der Waals surface area contributed by atoms with E-state index in [1.54, 1.807) is 13.1 Å². The fourth-order valence-electron chi connectivity index (χ4n) is 1.50. The molecule has 0 saturated carbocycles. The molecule has 1 amide bonds. The summed E-state index contributed by atoms with van der Waals surface area (Å²) < 4.78 is 0.878. The van der Waals surface area contributed by atoms with E-state index in [9.17, 15) is 4.79 Å². The third-order valence-corrected chi connectivity index (χ3v) is 3.11. The highest BCUT2D eigenvalue weighted by molar-refractivity contribution is 9.10. The van der Waals surface area contributed by atoms with Crippen molar-refractivity contribution < 1.29 is 4.79 Å². The van der Waals surface area contributed by atoms with Gasteiger partial charge >= 0.3 is 0 Å². The molecule has 16 heavy (non-hydrogen) atoms. The van der Waals surface area contributed by atoms with Gasteiger partial charge in [-0.25, -0.2) is 0 Å². The second kappa shape index (κ2) is 4.43. The molecule has 1 saturated heterocycles. The number of carbonyl (C=O) groups excluding carboxylic acids is 1. The van der Waals surface area contributed by atoms with E-state index in [1.165, 1.54) is 0 Å². The van der Waals surface area contributed by atoms with Crippen LogP contribution in [0.1, 0.15) is 11.6 Å². The number of guanidine groups is 1. The van der Waals surface area contributed by atoms with Gasteiger partial charge in [-0.05, 0) is 18.2 Å². The molecule has 0 radical (unpaired) electrons. The highest BCUT2D eigenvalue weighted by atomic mass is 79.9.